The molecule has 0 unspecified atom stereocenters. The number of unbranched alkanes of at least 4 members (excludes halogenated alkanes) is 1. The molecule has 2 aromatic heterocycles. The molecule has 5 nitrogen and oxygen atoms in total. The van der Waals surface area contributed by atoms with Crippen LogP contribution in [0.1, 0.15) is 28.3 Å². The number of methoxy groups -OCH3 is 1. The number of hydrogen-bond donors (Lipinski definition) is 0. The maximum Gasteiger partial charge on any atom is 0.128 e. The molecule has 3 heterocycles. The molecule has 0 spiro atoms. The number of rotatable bonds is 7. The average Bonchev–Trinajstić information content (AvgIpc) is 3.26. The van der Waals surface area contributed by atoms with E-state index in [4.69, 9.17) is 9.72 Å². The summed E-state index contributed by atoms with van der Waals surface area (Å²) in [6.07, 6.45) is 7.62. The Balaban J connectivity index is 0.00000245. The van der Waals surface area contributed by atoms with Crippen LogP contribution in [0, 0.1) is 0 Å². The molecular weight excluding hydrogens is 440 g/mol. The third-order valence-electron chi connectivity index (χ3n) is 6.39. The molecular formula is C25H31ClN4OS. The Morgan fingerprint density at radius 3 is 2.69 bits per heavy atom. The lowest BCUT2D eigenvalue weighted by Gasteiger charge is -2.35. The number of ether oxygens (including phenoxy) is 1. The molecule has 3 aromatic rings. The van der Waals surface area contributed by atoms with Crippen LogP contribution in [0.5, 0.6) is 5.75 Å². The third-order valence-corrected chi connectivity index (χ3v) is 7.57. The van der Waals surface area contributed by atoms with Crippen molar-refractivity contribution < 1.29 is 4.74 Å². The quantitative estimate of drug-likeness (QED) is 0.460. The zero-order valence-corrected chi connectivity index (χ0v) is 20.3. The second-order valence-electron chi connectivity index (χ2n) is 8.38. The van der Waals surface area contributed by atoms with Crippen molar-refractivity contribution in [3.8, 4) is 17.0 Å². The molecule has 1 aliphatic carbocycles. The number of nitrogens with zero attached hydrogens (tertiary/aromatic N) is 4. The fraction of sp³-hybridized carbons (Fsp3) is 0.440. The van der Waals surface area contributed by atoms with Crippen LogP contribution in [0.2, 0.25) is 0 Å². The number of benzene rings is 1. The Labute approximate surface area is 200 Å². The number of anilines is 1. The van der Waals surface area contributed by atoms with Crippen molar-refractivity contribution in [2.75, 3.05) is 44.7 Å². The number of pyridine rings is 1. The Kier molecular flexibility index (Phi) is 7.66. The van der Waals surface area contributed by atoms with Crippen molar-refractivity contribution in [2.24, 2.45) is 0 Å². The Hall–Kier alpha value is -2.15. The summed E-state index contributed by atoms with van der Waals surface area (Å²) in [6.45, 7) is 5.58. The van der Waals surface area contributed by atoms with E-state index in [9.17, 15) is 0 Å². The van der Waals surface area contributed by atoms with E-state index >= 15 is 0 Å². The predicted molar refractivity (Wildman–Crippen MR) is 135 cm³/mol. The minimum atomic E-state index is 0. The van der Waals surface area contributed by atoms with Crippen LogP contribution in [-0.2, 0) is 19.3 Å². The molecule has 32 heavy (non-hydrogen) atoms. The van der Waals surface area contributed by atoms with E-state index in [1.807, 2.05) is 23.6 Å². The van der Waals surface area contributed by atoms with Crippen LogP contribution in [0.15, 0.2) is 42.6 Å². The van der Waals surface area contributed by atoms with Crippen LogP contribution in [0.4, 0.5) is 5.82 Å². The van der Waals surface area contributed by atoms with Gasteiger partial charge in [0.2, 0.25) is 0 Å². The van der Waals surface area contributed by atoms with E-state index in [0.717, 1.165) is 57.0 Å². The van der Waals surface area contributed by atoms with Crippen molar-refractivity contribution in [1.29, 1.82) is 0 Å². The Morgan fingerprint density at radius 1 is 1.03 bits per heavy atom. The number of aromatic nitrogens is 2. The third kappa shape index (κ3) is 5.08. The molecule has 1 fully saturated rings. The highest BCUT2D eigenvalue weighted by atomic mass is 35.5. The van der Waals surface area contributed by atoms with E-state index in [1.54, 1.807) is 7.11 Å². The van der Waals surface area contributed by atoms with Gasteiger partial charge in [0.15, 0.2) is 0 Å². The minimum Gasteiger partial charge on any atom is -0.497 e. The van der Waals surface area contributed by atoms with Crippen molar-refractivity contribution in [3.63, 3.8) is 0 Å². The SMILES string of the molecule is COc1ccc2c(c1)CCc1sc(CCCCN3CCN(c4ccccn4)CC3)nc1-2.Cl. The van der Waals surface area contributed by atoms with E-state index in [2.05, 4.69) is 45.1 Å². The molecule has 0 atom stereocenters. The van der Waals surface area contributed by atoms with Gasteiger partial charge in [0.1, 0.15) is 11.6 Å². The highest BCUT2D eigenvalue weighted by Crippen LogP contribution is 2.38. The van der Waals surface area contributed by atoms with Crippen molar-refractivity contribution in [2.45, 2.75) is 32.1 Å². The monoisotopic (exact) mass is 470 g/mol. The van der Waals surface area contributed by atoms with Crippen LogP contribution < -0.4 is 9.64 Å². The van der Waals surface area contributed by atoms with Gasteiger partial charge in [-0.15, -0.1) is 23.7 Å². The fourth-order valence-corrected chi connectivity index (χ4v) is 5.75. The molecule has 1 aliphatic heterocycles. The lowest BCUT2D eigenvalue weighted by Crippen LogP contribution is -2.46. The van der Waals surface area contributed by atoms with Gasteiger partial charge < -0.3 is 9.64 Å². The van der Waals surface area contributed by atoms with E-state index < -0.39 is 0 Å². The smallest absolute Gasteiger partial charge is 0.128 e. The van der Waals surface area contributed by atoms with Gasteiger partial charge in [-0.1, -0.05) is 6.07 Å². The summed E-state index contributed by atoms with van der Waals surface area (Å²) in [4.78, 5) is 16.0. The molecule has 7 heteroatoms. The van der Waals surface area contributed by atoms with Crippen LogP contribution >= 0.6 is 23.7 Å². The molecule has 1 saturated heterocycles. The Bertz CT molecular complexity index is 1020. The van der Waals surface area contributed by atoms with Gasteiger partial charge in [0.05, 0.1) is 17.8 Å². The molecule has 0 bridgehead atoms. The molecule has 0 amide bonds. The predicted octanol–water partition coefficient (Wildman–Crippen LogP) is 4.88. The molecule has 0 radical (unpaired) electrons. The molecule has 170 valence electrons. The standard InChI is InChI=1S/C25H30N4OS.ClH/c1-30-20-9-10-21-19(18-20)8-11-22-25(21)27-24(31-22)7-3-5-13-28-14-16-29(17-15-28)23-6-2-4-12-26-23;/h2,4,6,9-10,12,18H,3,5,7-8,11,13-17H2,1H3;1H. The second-order valence-corrected chi connectivity index (χ2v) is 9.54. The molecule has 5 rings (SSSR count). The highest BCUT2D eigenvalue weighted by molar-refractivity contribution is 7.12. The normalized spacial score (nSPS) is 15.6. The number of hydrogen-bond acceptors (Lipinski definition) is 6. The molecule has 2 aliphatic rings. The van der Waals surface area contributed by atoms with Gasteiger partial charge >= 0.3 is 0 Å². The van der Waals surface area contributed by atoms with Gasteiger partial charge in [0, 0.05) is 42.8 Å². The zero-order chi connectivity index (χ0) is 21.0. The number of thiazole rings is 1. The van der Waals surface area contributed by atoms with Crippen LogP contribution in [0.25, 0.3) is 11.3 Å². The second kappa shape index (κ2) is 10.6. The molecule has 0 saturated carbocycles. The summed E-state index contributed by atoms with van der Waals surface area (Å²) in [5, 5.41) is 1.30. The lowest BCUT2D eigenvalue weighted by atomic mass is 9.93. The molecule has 0 N–H and O–H groups in total. The average molecular weight is 471 g/mol. The zero-order valence-electron chi connectivity index (χ0n) is 18.6. The first-order valence-electron chi connectivity index (χ1n) is 11.3. The summed E-state index contributed by atoms with van der Waals surface area (Å²) in [6, 6.07) is 12.6. The number of piperazine rings is 1. The van der Waals surface area contributed by atoms with Crippen LogP contribution in [-0.4, -0.2) is 54.7 Å². The van der Waals surface area contributed by atoms with Gasteiger partial charge in [-0.25, -0.2) is 9.97 Å². The van der Waals surface area contributed by atoms with Crippen LogP contribution in [0.3, 0.4) is 0 Å². The van der Waals surface area contributed by atoms with E-state index in [1.165, 1.54) is 46.1 Å². The largest absolute Gasteiger partial charge is 0.497 e. The number of aryl methyl sites for hydroxylation is 3. The first-order valence-corrected chi connectivity index (χ1v) is 12.2. The summed E-state index contributed by atoms with van der Waals surface area (Å²) in [7, 11) is 1.73. The minimum absolute atomic E-state index is 0. The summed E-state index contributed by atoms with van der Waals surface area (Å²) in [5.74, 6) is 2.05. The summed E-state index contributed by atoms with van der Waals surface area (Å²) < 4.78 is 5.39. The van der Waals surface area contributed by atoms with Gasteiger partial charge in [-0.2, -0.15) is 0 Å². The lowest BCUT2D eigenvalue weighted by molar-refractivity contribution is 0.252. The molecule has 1 aromatic carbocycles. The number of fused-ring (bicyclic) bond motifs is 3. The highest BCUT2D eigenvalue weighted by Gasteiger charge is 2.21. The van der Waals surface area contributed by atoms with Gasteiger partial charge in [-0.05, 0) is 74.5 Å². The topological polar surface area (TPSA) is 41.5 Å². The first-order chi connectivity index (χ1) is 15.3. The Morgan fingerprint density at radius 2 is 1.91 bits per heavy atom. The van der Waals surface area contributed by atoms with Gasteiger partial charge in [0.25, 0.3) is 0 Å². The van der Waals surface area contributed by atoms with Crippen molar-refractivity contribution >= 4 is 29.6 Å². The summed E-state index contributed by atoms with van der Waals surface area (Å²) in [5.41, 5.74) is 3.89. The van der Waals surface area contributed by atoms with Crippen molar-refractivity contribution in [3.05, 3.63) is 58.0 Å². The maximum atomic E-state index is 5.39. The maximum absolute atomic E-state index is 5.39. The van der Waals surface area contributed by atoms with E-state index in [0.29, 0.717) is 0 Å². The van der Waals surface area contributed by atoms with Gasteiger partial charge in [-0.3, -0.25) is 4.90 Å². The first kappa shape index (κ1) is 23.0. The number of halogens is 1. The van der Waals surface area contributed by atoms with Crippen molar-refractivity contribution in [1.82, 2.24) is 14.9 Å². The van der Waals surface area contributed by atoms with E-state index in [-0.39, 0.29) is 12.4 Å². The summed E-state index contributed by atoms with van der Waals surface area (Å²) >= 11 is 1.92. The fourth-order valence-electron chi connectivity index (χ4n) is 4.62.